The fourth-order valence-electron chi connectivity index (χ4n) is 17.0. The zero-order valence-corrected chi connectivity index (χ0v) is 89.1. The van der Waals surface area contributed by atoms with Gasteiger partial charge in [0.2, 0.25) is 41.1 Å². The highest BCUT2D eigenvalue weighted by molar-refractivity contribution is 6.38. The third-order valence-corrected chi connectivity index (χ3v) is 25.7. The molecule has 6 aliphatic carbocycles. The first-order valence-electron chi connectivity index (χ1n) is 51.2. The van der Waals surface area contributed by atoms with Crippen molar-refractivity contribution in [3.05, 3.63) is 91.4 Å². The number of ketones is 1. The number of ether oxygens (including phenoxy) is 8. The molecule has 13 atom stereocenters. The standard InChI is InChI=1S/C36H50N6O7.C30H40N4O7.C20H24N2O6.C11H22N2O3.C10H18N2O2/c1-35(2,3)29(40-34(47)41-36(4,5)6)33(46)42-19-24(49-32-25-13-12-23(48-7)17-21(25)14-15-37-32)18-27(42)30(44)39-26(16-20-8-9-20)28(43)31(45)38-22-10-11-22;1-30(2,3)41-29(38)34-16-21(40-28-22-10-9-20(39-4)14-18(22)11-12-31-28)15-24(34)26(36)33-23(13-17-5-6-17)25(35)27(37)32-19-7-8-19;1-20(2,3)28-19(25)22-11-14(10-16(22)18(23)24)27-17-15-6-5-13(26-4)9-12(15)7-8-21-17;1-10(2,3)7(8(14)15)12-9(16)13-11(4,5)6;11-8(5-6-1-2-6)9(13)10(14)12-7-3-4-7/h12-15,17,20,22,24,26-27,29H,8-11,16,18-19H2,1-7H3,(H,38,45)(H,39,44)(H2,40,41,47);9-12,14,17,19,21,23-25,35H,5-8,13,15-16H2,1-4H3,(H,32,37)(H,33,36);5-9,14,16H,10-11H2,1-4H3,(H,23,24);7H,1-6H3,(H,14,15)(H2,12,13,16);6-9,13H,1-5,11H2,(H,12,14)/t24-,26+,27?,29-;21-,23+,24+,25?;14-,16+;7-;8-,9?/m11110/s1. The number of benzene rings is 3. The molecule has 0 radical (unpaired) electrons. The van der Waals surface area contributed by atoms with Gasteiger partial charge in [0.25, 0.3) is 17.7 Å². The van der Waals surface area contributed by atoms with E-state index < -0.39 is 172 Å². The van der Waals surface area contributed by atoms with Crippen LogP contribution in [0.4, 0.5) is 19.2 Å². The first-order valence-corrected chi connectivity index (χ1v) is 51.2. The van der Waals surface area contributed by atoms with Crippen LogP contribution < -0.4 is 82.0 Å². The Labute approximate surface area is 864 Å². The Kier molecular flexibility index (Phi) is 38.2. The lowest BCUT2D eigenvalue weighted by molar-refractivity contribution is -0.144. The van der Waals surface area contributed by atoms with Gasteiger partial charge in [0.15, 0.2) is 6.10 Å². The summed E-state index contributed by atoms with van der Waals surface area (Å²) in [6, 6.07) is 14.5. The number of hydrogen-bond donors (Lipinski definition) is 14. The average molecular weight is 2060 g/mol. The van der Waals surface area contributed by atoms with E-state index in [9.17, 15) is 77.6 Å². The van der Waals surface area contributed by atoms with E-state index in [0.29, 0.717) is 65.6 Å². The number of urea groups is 2. The summed E-state index contributed by atoms with van der Waals surface area (Å²) in [4.78, 5) is 182. The first kappa shape index (κ1) is 115. The Morgan fingerprint density at radius 2 is 0.770 bits per heavy atom. The lowest BCUT2D eigenvalue weighted by Gasteiger charge is -2.36. The van der Waals surface area contributed by atoms with Gasteiger partial charge < -0.3 is 117 Å². The number of carbonyl (C=O) groups excluding carboxylic acids is 11. The van der Waals surface area contributed by atoms with Gasteiger partial charge in [-0.1, -0.05) is 80.1 Å². The molecule has 6 aromatic rings. The molecule has 12 amide bonds. The number of aliphatic hydroxyl groups is 2. The van der Waals surface area contributed by atoms with Crippen molar-refractivity contribution in [3.8, 4) is 34.9 Å². The van der Waals surface area contributed by atoms with Crippen LogP contribution in [0.2, 0.25) is 0 Å². The van der Waals surface area contributed by atoms with E-state index >= 15 is 0 Å². The molecule has 6 heterocycles. The van der Waals surface area contributed by atoms with Crippen molar-refractivity contribution in [2.24, 2.45) is 34.3 Å². The number of carboxylic acids is 2. The first-order chi connectivity index (χ1) is 69.3. The largest absolute Gasteiger partial charge is 0.497 e. The summed E-state index contributed by atoms with van der Waals surface area (Å²) in [5, 5.41) is 68.7. The van der Waals surface area contributed by atoms with Crippen molar-refractivity contribution in [1.29, 1.82) is 0 Å². The van der Waals surface area contributed by atoms with Gasteiger partial charge in [0.05, 0.1) is 53.0 Å². The minimum atomic E-state index is -1.37. The van der Waals surface area contributed by atoms with Crippen LogP contribution in [0.25, 0.3) is 32.3 Å². The van der Waals surface area contributed by atoms with E-state index in [-0.39, 0.29) is 74.4 Å². The van der Waals surface area contributed by atoms with Gasteiger partial charge in [-0.25, -0.2) is 43.7 Å². The van der Waals surface area contributed by atoms with Crippen LogP contribution in [0.3, 0.4) is 0 Å². The van der Waals surface area contributed by atoms with Crippen molar-refractivity contribution >= 4 is 110 Å². The smallest absolute Gasteiger partial charge is 0.411 e. The lowest BCUT2D eigenvalue weighted by Crippen LogP contribution is -2.61. The number of aliphatic carboxylic acids is 2. The summed E-state index contributed by atoms with van der Waals surface area (Å²) < 4.78 is 45.5. The van der Waals surface area contributed by atoms with E-state index in [2.05, 4.69) is 62.8 Å². The number of hydrogen-bond acceptors (Lipinski definition) is 27. The van der Waals surface area contributed by atoms with E-state index in [1.807, 2.05) is 123 Å². The van der Waals surface area contributed by atoms with Crippen LogP contribution in [0, 0.1) is 28.6 Å². The molecule has 3 aromatic carbocycles. The number of nitrogens with zero attached hydrogens (tertiary/aromatic N) is 6. The summed E-state index contributed by atoms with van der Waals surface area (Å²) in [6.45, 7) is 32.6. The highest BCUT2D eigenvalue weighted by atomic mass is 16.6. The summed E-state index contributed by atoms with van der Waals surface area (Å²) in [5.41, 5.74) is 2.08. The number of fused-ring (bicyclic) bond motifs is 3. The van der Waals surface area contributed by atoms with E-state index in [4.69, 9.17) is 48.7 Å². The minimum absolute atomic E-state index is 0.00402. The maximum atomic E-state index is 14.4. The van der Waals surface area contributed by atoms with Gasteiger partial charge in [0.1, 0.15) is 83.1 Å². The summed E-state index contributed by atoms with van der Waals surface area (Å²) >= 11 is 0. The number of nitrogens with one attached hydrogen (secondary N) is 9. The topological polar surface area (TPSA) is 559 Å². The van der Waals surface area contributed by atoms with Crippen molar-refractivity contribution in [2.45, 2.75) is 359 Å². The molecule has 0 spiro atoms. The molecule has 0 bridgehead atoms. The number of nitrogens with two attached hydrogens (primary N) is 1. The predicted molar refractivity (Wildman–Crippen MR) is 550 cm³/mol. The number of pyridine rings is 3. The zero-order valence-electron chi connectivity index (χ0n) is 89.1. The van der Waals surface area contributed by atoms with Crippen molar-refractivity contribution in [1.82, 2.24) is 77.5 Å². The molecule has 3 unspecified atom stereocenters. The quantitative estimate of drug-likeness (QED) is 0.0170. The molecule has 148 heavy (non-hydrogen) atoms. The molecule has 9 aliphatic rings. The van der Waals surface area contributed by atoms with Gasteiger partial charge in [-0.05, 0) is 258 Å². The molecular formula is C107H154N16O25. The molecule has 3 aliphatic heterocycles. The Bertz CT molecular complexity index is 5700. The van der Waals surface area contributed by atoms with Gasteiger partial charge in [0, 0.05) is 89.3 Å². The van der Waals surface area contributed by atoms with Gasteiger partial charge in [-0.3, -0.25) is 43.4 Å². The third-order valence-electron chi connectivity index (χ3n) is 25.7. The zero-order chi connectivity index (χ0) is 109. The number of amides is 12. The SMILES string of the molecule is CC(C)(C)NC(=O)N[C@H](C(=O)O)C(C)(C)C.COc1ccc2c(O[C@@H]3CC(C(=O)N[C@@H](CC4CC4)C(=O)C(=O)NC4CC4)N(C(=O)[C@@H](NC(=O)NC(C)(C)C)C(C)(C)C)C3)nccc2c1.COc1ccc2c(O[C@@H]3C[C@@H](C(=O)N[C@@H](CC4CC4)C(O)C(=O)NC4CC4)N(C(=O)OC(C)(C)C)C3)nccc2c1.COc1ccc2c(O[C@@H]3C[C@@H](C(=O)O)N(C(=O)OC(C)(C)C)C3)nccc2c1.N[C@@H](CC1CC1)C(O)C(=O)NC1CC1. The number of Topliss-reactive ketones (excluding diaryl/α,β-unsaturated/α-hetero) is 1. The van der Waals surface area contributed by atoms with Crippen molar-refractivity contribution in [2.75, 3.05) is 41.0 Å². The Morgan fingerprint density at radius 3 is 1.14 bits per heavy atom. The molecule has 3 aromatic heterocycles. The number of aromatic nitrogens is 3. The molecule has 6 saturated carbocycles. The van der Waals surface area contributed by atoms with Crippen LogP contribution in [0.1, 0.15) is 240 Å². The number of carboxylic acid groups (broad SMARTS) is 2. The highest BCUT2D eigenvalue weighted by Gasteiger charge is 2.51. The van der Waals surface area contributed by atoms with Crippen LogP contribution in [0.15, 0.2) is 91.4 Å². The molecule has 15 rings (SSSR count). The molecule has 9 fully saturated rings. The Balaban J connectivity index is 0.000000188. The molecule has 41 heteroatoms. The second-order valence-corrected chi connectivity index (χ2v) is 46.3. The molecule has 41 nitrogen and oxygen atoms in total. The summed E-state index contributed by atoms with van der Waals surface area (Å²) in [7, 11) is 4.78. The van der Waals surface area contributed by atoms with Gasteiger partial charge in [-0.15, -0.1) is 0 Å². The van der Waals surface area contributed by atoms with Crippen LogP contribution in [-0.4, -0.2) is 288 Å². The molecule has 812 valence electrons. The van der Waals surface area contributed by atoms with Crippen LogP contribution in [0.5, 0.6) is 34.9 Å². The number of likely N-dealkylation sites (tertiary alicyclic amines) is 3. The number of carbonyl (C=O) groups is 13. The summed E-state index contributed by atoms with van der Waals surface area (Å²) in [6.07, 6.45) is 13.3. The Morgan fingerprint density at radius 1 is 0.419 bits per heavy atom. The van der Waals surface area contributed by atoms with Crippen molar-refractivity contribution in [3.63, 3.8) is 0 Å². The van der Waals surface area contributed by atoms with E-state index in [1.165, 1.54) is 27.5 Å². The Hall–Kier alpha value is -12.9. The number of methoxy groups -OCH3 is 3. The lowest BCUT2D eigenvalue weighted by atomic mass is 9.85. The van der Waals surface area contributed by atoms with Gasteiger partial charge >= 0.3 is 36.2 Å². The van der Waals surface area contributed by atoms with Crippen molar-refractivity contribution < 1.29 is 121 Å². The minimum Gasteiger partial charge on any atom is -0.497 e. The second-order valence-electron chi connectivity index (χ2n) is 46.3. The third kappa shape index (κ3) is 35.4. The maximum Gasteiger partial charge on any atom is 0.411 e. The summed E-state index contributed by atoms with van der Waals surface area (Å²) in [5.74, 6) is -1.29. The predicted octanol–water partition coefficient (Wildman–Crippen LogP) is 10.6. The monoisotopic (exact) mass is 2060 g/mol. The van der Waals surface area contributed by atoms with Gasteiger partial charge in [-0.2, -0.15) is 0 Å². The number of rotatable bonds is 33. The van der Waals surface area contributed by atoms with E-state index in [1.54, 1.807) is 114 Å². The average Bonchev–Trinajstić information content (AvgIpc) is 1.54. The fraction of sp³-hybridized carbons (Fsp3) is 0.626. The molecule has 15 N–H and O–H groups in total. The van der Waals surface area contributed by atoms with Crippen LogP contribution >= 0.6 is 0 Å². The number of aliphatic hydroxyl groups excluding tert-OH is 2. The highest BCUT2D eigenvalue weighted by Crippen LogP contribution is 2.41. The second kappa shape index (κ2) is 49.0. The molecular weight excluding hydrogens is 1910 g/mol. The maximum absolute atomic E-state index is 14.4. The molecule has 3 saturated heterocycles. The fourth-order valence-corrected chi connectivity index (χ4v) is 17.0. The van der Waals surface area contributed by atoms with Crippen LogP contribution in [-0.2, 0) is 52.6 Å². The normalized spacial score (nSPS) is 20.6. The van der Waals surface area contributed by atoms with E-state index in [0.717, 1.165) is 103 Å².